The number of piperazine rings is 1. The third-order valence-electron chi connectivity index (χ3n) is 6.52. The Morgan fingerprint density at radius 3 is 2.31 bits per heavy atom. The van der Waals surface area contributed by atoms with Crippen LogP contribution in [0.1, 0.15) is 32.1 Å². The number of carbonyl (C=O) groups is 1. The first kappa shape index (κ1) is 18.7. The maximum Gasteiger partial charge on any atom is 0.225 e. The minimum absolute atomic E-state index is 0.141. The van der Waals surface area contributed by atoms with Gasteiger partial charge in [-0.2, -0.15) is 4.31 Å². The molecule has 7 nitrogen and oxygen atoms in total. The van der Waals surface area contributed by atoms with Gasteiger partial charge in [-0.3, -0.25) is 4.79 Å². The molecule has 3 aliphatic heterocycles. The monoisotopic (exact) mass is 385 g/mol. The van der Waals surface area contributed by atoms with Crippen LogP contribution in [0.5, 0.6) is 0 Å². The molecule has 0 bridgehead atoms. The first-order valence-electron chi connectivity index (χ1n) is 10.1. The van der Waals surface area contributed by atoms with Gasteiger partial charge in [-0.05, 0) is 25.2 Å². The van der Waals surface area contributed by atoms with Crippen LogP contribution in [0.15, 0.2) is 0 Å². The van der Waals surface area contributed by atoms with Crippen molar-refractivity contribution in [3.63, 3.8) is 0 Å². The van der Waals surface area contributed by atoms with Crippen molar-refractivity contribution in [1.82, 2.24) is 14.1 Å². The second-order valence-corrected chi connectivity index (χ2v) is 10.5. The van der Waals surface area contributed by atoms with Gasteiger partial charge in [0.1, 0.15) is 5.25 Å². The Morgan fingerprint density at radius 1 is 1.00 bits per heavy atom. The molecule has 148 valence electrons. The number of hydrogen-bond acceptors (Lipinski definition) is 5. The lowest BCUT2D eigenvalue weighted by molar-refractivity contribution is -0.138. The molecule has 3 saturated heterocycles. The van der Waals surface area contributed by atoms with E-state index in [9.17, 15) is 13.2 Å². The Balaban J connectivity index is 1.24. The summed E-state index contributed by atoms with van der Waals surface area (Å²) >= 11 is 0. The van der Waals surface area contributed by atoms with Crippen LogP contribution >= 0.6 is 0 Å². The molecule has 1 atom stereocenters. The van der Waals surface area contributed by atoms with Crippen molar-refractivity contribution in [2.45, 2.75) is 37.4 Å². The van der Waals surface area contributed by atoms with Gasteiger partial charge < -0.3 is 14.5 Å². The summed E-state index contributed by atoms with van der Waals surface area (Å²) in [4.78, 5) is 16.5. The van der Waals surface area contributed by atoms with Crippen molar-refractivity contribution in [1.29, 1.82) is 0 Å². The van der Waals surface area contributed by atoms with Crippen LogP contribution in [0.4, 0.5) is 0 Å². The smallest absolute Gasteiger partial charge is 0.225 e. The van der Waals surface area contributed by atoms with Crippen LogP contribution in [0, 0.1) is 11.8 Å². The van der Waals surface area contributed by atoms with Crippen LogP contribution in [-0.2, 0) is 19.6 Å². The number of hydrogen-bond donors (Lipinski definition) is 0. The molecular weight excluding hydrogens is 354 g/mol. The van der Waals surface area contributed by atoms with Crippen LogP contribution in [-0.4, -0.2) is 92.7 Å². The molecule has 26 heavy (non-hydrogen) atoms. The zero-order valence-corrected chi connectivity index (χ0v) is 16.3. The highest BCUT2D eigenvalue weighted by Gasteiger charge is 2.44. The predicted octanol–water partition coefficient (Wildman–Crippen LogP) is 0.371. The predicted molar refractivity (Wildman–Crippen MR) is 98.2 cm³/mol. The molecule has 4 fully saturated rings. The Hall–Kier alpha value is -0.700. The van der Waals surface area contributed by atoms with Crippen molar-refractivity contribution >= 4 is 15.9 Å². The minimum atomic E-state index is -3.28. The standard InChI is InChI=1S/C18H31N3O4S/c22-18(16-3-1-2-4-16)20-12-17(13-20)26(23,24)21-8-6-19(7-9-21)11-15-5-10-25-14-15/h15-17H,1-14H2/t15-/m1/s1. The lowest BCUT2D eigenvalue weighted by Crippen LogP contribution is -2.62. The van der Waals surface area contributed by atoms with Crippen LogP contribution in [0.2, 0.25) is 0 Å². The number of sulfonamides is 1. The van der Waals surface area contributed by atoms with Gasteiger partial charge in [0, 0.05) is 58.3 Å². The first-order chi connectivity index (χ1) is 12.5. The summed E-state index contributed by atoms with van der Waals surface area (Å²) in [6.07, 6.45) is 5.32. The molecule has 4 rings (SSSR count). The lowest BCUT2D eigenvalue weighted by atomic mass is 10.0. The number of ether oxygens (including phenoxy) is 1. The maximum atomic E-state index is 12.9. The molecule has 4 aliphatic rings. The normalized spacial score (nSPS) is 30.0. The second kappa shape index (κ2) is 7.73. The van der Waals surface area contributed by atoms with Gasteiger partial charge in [0.15, 0.2) is 0 Å². The number of rotatable bonds is 5. The summed E-state index contributed by atoms with van der Waals surface area (Å²) in [6, 6.07) is 0. The van der Waals surface area contributed by atoms with Gasteiger partial charge in [-0.15, -0.1) is 0 Å². The molecule has 0 N–H and O–H groups in total. The van der Waals surface area contributed by atoms with Gasteiger partial charge in [0.2, 0.25) is 15.9 Å². The van der Waals surface area contributed by atoms with Gasteiger partial charge >= 0.3 is 0 Å². The van der Waals surface area contributed by atoms with Gasteiger partial charge in [0.05, 0.1) is 6.61 Å². The van der Waals surface area contributed by atoms with E-state index < -0.39 is 15.3 Å². The van der Waals surface area contributed by atoms with Gasteiger partial charge in [-0.25, -0.2) is 8.42 Å². The largest absolute Gasteiger partial charge is 0.381 e. The van der Waals surface area contributed by atoms with E-state index >= 15 is 0 Å². The zero-order chi connectivity index (χ0) is 18.1. The quantitative estimate of drug-likeness (QED) is 0.684. The first-order valence-corrected chi connectivity index (χ1v) is 11.6. The molecule has 0 unspecified atom stereocenters. The van der Waals surface area contributed by atoms with Crippen molar-refractivity contribution in [3.8, 4) is 0 Å². The fourth-order valence-corrected chi connectivity index (χ4v) is 6.54. The van der Waals surface area contributed by atoms with Crippen molar-refractivity contribution in [2.75, 3.05) is 59.0 Å². The average molecular weight is 386 g/mol. The Kier molecular flexibility index (Phi) is 5.55. The van der Waals surface area contributed by atoms with Crippen molar-refractivity contribution in [3.05, 3.63) is 0 Å². The summed E-state index contributed by atoms with van der Waals surface area (Å²) in [7, 11) is -3.28. The van der Waals surface area contributed by atoms with E-state index in [4.69, 9.17) is 4.74 Å². The lowest BCUT2D eigenvalue weighted by Gasteiger charge is -2.43. The van der Waals surface area contributed by atoms with Crippen molar-refractivity contribution < 1.29 is 17.9 Å². The molecule has 0 aromatic heterocycles. The molecule has 3 heterocycles. The van der Waals surface area contributed by atoms with Crippen molar-refractivity contribution in [2.24, 2.45) is 11.8 Å². The SMILES string of the molecule is O=C(C1CCCC1)N1CC(S(=O)(=O)N2CCN(C[C@H]3CCOC3)CC2)C1. The summed E-state index contributed by atoms with van der Waals surface area (Å²) in [5.74, 6) is 0.916. The van der Waals surface area contributed by atoms with E-state index in [-0.39, 0.29) is 11.8 Å². The Morgan fingerprint density at radius 2 is 1.69 bits per heavy atom. The fourth-order valence-electron chi connectivity index (χ4n) is 4.71. The number of nitrogens with zero attached hydrogens (tertiary/aromatic N) is 3. The van der Waals surface area contributed by atoms with E-state index in [1.165, 1.54) is 0 Å². The highest BCUT2D eigenvalue weighted by Crippen LogP contribution is 2.30. The maximum absolute atomic E-state index is 12.9. The van der Waals surface area contributed by atoms with E-state index in [2.05, 4.69) is 4.90 Å². The average Bonchev–Trinajstić information content (AvgIpc) is 3.27. The molecule has 0 aromatic carbocycles. The molecule has 0 aromatic rings. The Bertz CT molecular complexity index is 600. The molecule has 0 spiro atoms. The minimum Gasteiger partial charge on any atom is -0.381 e. The number of amides is 1. The number of carbonyl (C=O) groups excluding carboxylic acids is 1. The topological polar surface area (TPSA) is 70.2 Å². The molecule has 1 saturated carbocycles. The van der Waals surface area contributed by atoms with Crippen LogP contribution in [0.25, 0.3) is 0 Å². The summed E-state index contributed by atoms with van der Waals surface area (Å²) < 4.78 is 32.8. The van der Waals surface area contributed by atoms with E-state index in [1.807, 2.05) is 0 Å². The summed E-state index contributed by atoms with van der Waals surface area (Å²) in [5.41, 5.74) is 0. The van der Waals surface area contributed by atoms with E-state index in [1.54, 1.807) is 9.21 Å². The third kappa shape index (κ3) is 3.79. The molecule has 8 heteroatoms. The zero-order valence-electron chi connectivity index (χ0n) is 15.5. The summed E-state index contributed by atoms with van der Waals surface area (Å²) in [5, 5.41) is -0.400. The highest BCUT2D eigenvalue weighted by molar-refractivity contribution is 7.89. The molecule has 0 radical (unpaired) electrons. The molecule has 1 amide bonds. The third-order valence-corrected chi connectivity index (χ3v) is 8.74. The molecular formula is C18H31N3O4S. The fraction of sp³-hybridized carbons (Fsp3) is 0.944. The Labute approximate surface area is 156 Å². The van der Waals surface area contributed by atoms with E-state index in [0.717, 1.165) is 65.0 Å². The van der Waals surface area contributed by atoms with Gasteiger partial charge in [0.25, 0.3) is 0 Å². The molecule has 1 aliphatic carbocycles. The number of likely N-dealkylation sites (tertiary alicyclic amines) is 1. The van der Waals surface area contributed by atoms with Crippen LogP contribution < -0.4 is 0 Å². The second-order valence-electron chi connectivity index (χ2n) is 8.32. The van der Waals surface area contributed by atoms with E-state index in [0.29, 0.717) is 32.1 Å². The van der Waals surface area contributed by atoms with Crippen LogP contribution in [0.3, 0.4) is 0 Å². The summed E-state index contributed by atoms with van der Waals surface area (Å²) in [6.45, 7) is 6.23. The van der Waals surface area contributed by atoms with Gasteiger partial charge in [-0.1, -0.05) is 12.8 Å². The highest BCUT2D eigenvalue weighted by atomic mass is 32.2.